The summed E-state index contributed by atoms with van der Waals surface area (Å²) in [6, 6.07) is 9.07. The molecule has 1 aliphatic rings. The first-order valence-corrected chi connectivity index (χ1v) is 8.24. The van der Waals surface area contributed by atoms with Crippen LogP contribution in [0.3, 0.4) is 0 Å². The summed E-state index contributed by atoms with van der Waals surface area (Å²) in [4.78, 5) is 0. The monoisotopic (exact) mass is 311 g/mol. The van der Waals surface area contributed by atoms with Gasteiger partial charge in [0, 0.05) is 18.3 Å². The molecule has 0 saturated heterocycles. The predicted octanol–water partition coefficient (Wildman–Crippen LogP) is 4.35. The highest BCUT2D eigenvalue weighted by atomic mass is 14.9. The average Bonchev–Trinajstić information content (AvgIpc) is 2.52. The van der Waals surface area contributed by atoms with E-state index >= 15 is 0 Å². The molecule has 0 bridgehead atoms. The third-order valence-electron chi connectivity index (χ3n) is 4.38. The Hall–Kier alpha value is -2.00. The number of rotatable bonds is 6. The van der Waals surface area contributed by atoms with E-state index in [0.29, 0.717) is 6.04 Å². The van der Waals surface area contributed by atoms with E-state index in [-0.39, 0.29) is 11.5 Å². The standard InChI is InChI=1S/C20H29N3/c1-6-21-18-9-7-8-17(13-18)19-12-16(10-11-22-19)14-23-15(2)20(3,4)5/h6-13,15,19,21-23H,1,14H2,2-5H3. The summed E-state index contributed by atoms with van der Waals surface area (Å²) >= 11 is 0. The summed E-state index contributed by atoms with van der Waals surface area (Å²) in [6.07, 6.45) is 8.17. The summed E-state index contributed by atoms with van der Waals surface area (Å²) in [5.74, 6) is 0. The quantitative estimate of drug-likeness (QED) is 0.731. The zero-order valence-electron chi connectivity index (χ0n) is 14.7. The van der Waals surface area contributed by atoms with Crippen molar-refractivity contribution < 1.29 is 0 Å². The van der Waals surface area contributed by atoms with Crippen LogP contribution >= 0.6 is 0 Å². The zero-order valence-corrected chi connectivity index (χ0v) is 14.7. The van der Waals surface area contributed by atoms with Crippen LogP contribution in [0.1, 0.15) is 39.3 Å². The fraction of sp³-hybridized carbons (Fsp3) is 0.400. The Morgan fingerprint density at radius 1 is 1.35 bits per heavy atom. The molecule has 0 spiro atoms. The molecule has 0 amide bonds. The normalized spacial score (nSPS) is 18.8. The van der Waals surface area contributed by atoms with Gasteiger partial charge in [-0.15, -0.1) is 0 Å². The van der Waals surface area contributed by atoms with Gasteiger partial charge in [-0.2, -0.15) is 0 Å². The molecule has 124 valence electrons. The van der Waals surface area contributed by atoms with Gasteiger partial charge in [0.15, 0.2) is 0 Å². The number of anilines is 1. The minimum absolute atomic E-state index is 0.202. The van der Waals surface area contributed by atoms with Crippen molar-refractivity contribution in [2.45, 2.75) is 39.8 Å². The minimum Gasteiger partial charge on any atom is -0.381 e. The summed E-state index contributed by atoms with van der Waals surface area (Å²) in [6.45, 7) is 13.6. The van der Waals surface area contributed by atoms with Crippen LogP contribution in [0.15, 0.2) is 61.0 Å². The third kappa shape index (κ3) is 5.00. The van der Waals surface area contributed by atoms with E-state index < -0.39 is 0 Å². The van der Waals surface area contributed by atoms with Crippen LogP contribution in [-0.4, -0.2) is 12.6 Å². The van der Waals surface area contributed by atoms with Crippen molar-refractivity contribution in [3.05, 3.63) is 66.5 Å². The van der Waals surface area contributed by atoms with Gasteiger partial charge in [-0.3, -0.25) is 0 Å². The predicted molar refractivity (Wildman–Crippen MR) is 100 cm³/mol. The Balaban J connectivity index is 2.05. The Morgan fingerprint density at radius 3 is 2.83 bits per heavy atom. The maximum atomic E-state index is 3.71. The number of hydrogen-bond acceptors (Lipinski definition) is 3. The zero-order chi connectivity index (χ0) is 16.9. The molecule has 3 N–H and O–H groups in total. The molecular formula is C20H29N3. The van der Waals surface area contributed by atoms with Gasteiger partial charge < -0.3 is 16.0 Å². The van der Waals surface area contributed by atoms with Crippen LogP contribution < -0.4 is 16.0 Å². The number of hydrogen-bond donors (Lipinski definition) is 3. The molecular weight excluding hydrogens is 282 g/mol. The number of nitrogens with one attached hydrogen (secondary N) is 3. The lowest BCUT2D eigenvalue weighted by Crippen LogP contribution is -2.38. The highest BCUT2D eigenvalue weighted by Gasteiger charge is 2.19. The molecule has 0 radical (unpaired) electrons. The lowest BCUT2D eigenvalue weighted by atomic mass is 9.88. The van der Waals surface area contributed by atoms with Crippen molar-refractivity contribution in [2.75, 3.05) is 11.9 Å². The molecule has 2 atom stereocenters. The summed E-state index contributed by atoms with van der Waals surface area (Å²) < 4.78 is 0. The molecule has 0 aliphatic carbocycles. The lowest BCUT2D eigenvalue weighted by Gasteiger charge is -2.29. The van der Waals surface area contributed by atoms with Crippen molar-refractivity contribution in [2.24, 2.45) is 5.41 Å². The van der Waals surface area contributed by atoms with Gasteiger partial charge in [0.05, 0.1) is 6.04 Å². The molecule has 3 heteroatoms. The molecule has 2 unspecified atom stereocenters. The Kier molecular flexibility index (Phi) is 5.67. The molecule has 23 heavy (non-hydrogen) atoms. The van der Waals surface area contributed by atoms with Crippen LogP contribution in [0.25, 0.3) is 0 Å². The van der Waals surface area contributed by atoms with E-state index in [2.05, 4.69) is 80.6 Å². The molecule has 1 aromatic carbocycles. The topological polar surface area (TPSA) is 36.1 Å². The van der Waals surface area contributed by atoms with Gasteiger partial charge in [-0.1, -0.05) is 45.6 Å². The number of benzene rings is 1. The van der Waals surface area contributed by atoms with Crippen LogP contribution in [0.4, 0.5) is 5.69 Å². The molecule has 1 heterocycles. The van der Waals surface area contributed by atoms with E-state index in [1.807, 2.05) is 12.3 Å². The second-order valence-electron chi connectivity index (χ2n) is 7.16. The van der Waals surface area contributed by atoms with Crippen molar-refractivity contribution >= 4 is 5.69 Å². The molecule has 1 aliphatic heterocycles. The average molecular weight is 311 g/mol. The molecule has 1 aromatic rings. The van der Waals surface area contributed by atoms with E-state index in [9.17, 15) is 0 Å². The van der Waals surface area contributed by atoms with Crippen LogP contribution in [0.5, 0.6) is 0 Å². The second-order valence-corrected chi connectivity index (χ2v) is 7.16. The highest BCUT2D eigenvalue weighted by molar-refractivity contribution is 5.49. The van der Waals surface area contributed by atoms with E-state index in [0.717, 1.165) is 12.2 Å². The van der Waals surface area contributed by atoms with E-state index in [1.54, 1.807) is 6.20 Å². The first kappa shape index (κ1) is 17.4. The van der Waals surface area contributed by atoms with Gasteiger partial charge in [0.1, 0.15) is 0 Å². The molecule has 0 fully saturated rings. The van der Waals surface area contributed by atoms with Crippen LogP contribution in [0.2, 0.25) is 0 Å². The SMILES string of the molecule is C=CNc1cccc(C2C=C(CNC(C)C(C)(C)C)C=CN2)c1. The fourth-order valence-corrected chi connectivity index (χ4v) is 2.40. The Labute approximate surface area is 140 Å². The van der Waals surface area contributed by atoms with Crippen LogP contribution in [0, 0.1) is 5.41 Å². The van der Waals surface area contributed by atoms with Gasteiger partial charge in [0.25, 0.3) is 0 Å². The smallest absolute Gasteiger partial charge is 0.0699 e. The molecule has 0 aromatic heterocycles. The maximum absolute atomic E-state index is 3.71. The summed E-state index contributed by atoms with van der Waals surface area (Å²) in [7, 11) is 0. The van der Waals surface area contributed by atoms with Gasteiger partial charge in [0.2, 0.25) is 0 Å². The molecule has 3 nitrogen and oxygen atoms in total. The summed E-state index contributed by atoms with van der Waals surface area (Å²) in [5.41, 5.74) is 3.87. The van der Waals surface area contributed by atoms with Gasteiger partial charge in [-0.25, -0.2) is 0 Å². The largest absolute Gasteiger partial charge is 0.381 e. The van der Waals surface area contributed by atoms with Crippen molar-refractivity contribution in [3.8, 4) is 0 Å². The second kappa shape index (κ2) is 7.51. The Morgan fingerprint density at radius 2 is 2.13 bits per heavy atom. The van der Waals surface area contributed by atoms with E-state index in [4.69, 9.17) is 0 Å². The third-order valence-corrected chi connectivity index (χ3v) is 4.38. The van der Waals surface area contributed by atoms with Crippen molar-refractivity contribution in [3.63, 3.8) is 0 Å². The van der Waals surface area contributed by atoms with Crippen molar-refractivity contribution in [1.82, 2.24) is 10.6 Å². The van der Waals surface area contributed by atoms with Gasteiger partial charge in [-0.05, 0) is 54.1 Å². The Bertz CT molecular complexity index is 593. The molecule has 0 saturated carbocycles. The summed E-state index contributed by atoms with van der Waals surface area (Å²) in [5, 5.41) is 10.2. The fourth-order valence-electron chi connectivity index (χ4n) is 2.40. The first-order valence-electron chi connectivity index (χ1n) is 8.24. The molecule has 2 rings (SSSR count). The van der Waals surface area contributed by atoms with Crippen LogP contribution in [-0.2, 0) is 0 Å². The van der Waals surface area contributed by atoms with Gasteiger partial charge >= 0.3 is 0 Å². The van der Waals surface area contributed by atoms with Crippen molar-refractivity contribution in [1.29, 1.82) is 0 Å². The minimum atomic E-state index is 0.202. The maximum Gasteiger partial charge on any atom is 0.0699 e. The first-order chi connectivity index (χ1) is 10.9. The number of dihydropyridines is 1. The van der Waals surface area contributed by atoms with E-state index in [1.165, 1.54) is 11.1 Å². The lowest BCUT2D eigenvalue weighted by molar-refractivity contribution is 0.293. The highest BCUT2D eigenvalue weighted by Crippen LogP contribution is 2.23.